The number of carbonyl (C=O) groups is 11. The Bertz CT molecular complexity index is 2240. The molecule has 0 aliphatic carbocycles. The Kier molecular flexibility index (Phi) is 26.6. The highest BCUT2D eigenvalue weighted by Crippen LogP contribution is 2.21. The van der Waals surface area contributed by atoms with Crippen molar-refractivity contribution in [3.63, 3.8) is 0 Å². The molecule has 1 heterocycles. The predicted octanol–water partition coefficient (Wildman–Crippen LogP) is -2.84. The van der Waals surface area contributed by atoms with Crippen LogP contribution in [0.4, 0.5) is 0 Å². The number of phenols is 1. The SMILES string of the molecule is CC[C@H](C)[C@H](NC(=O)[C@H](CC(=O)O)NC(=O)[C@H](CC(C)C)NC(=O)CNC(=O)[C@@H](N)C(C)C)C(=O)N[C@@H](Cc1ccc(O)cc1)C(=O)N[C@@H](CCCN=C(N)N)C(=O)N1CCC[C@H]1C(=O)N[C@@H](C)C(=O)N[C@@H](C)C(=O)O. The first-order chi connectivity index (χ1) is 35.6. The number of guanidine groups is 1. The van der Waals surface area contributed by atoms with E-state index in [1.54, 1.807) is 41.5 Å². The lowest BCUT2D eigenvalue weighted by Gasteiger charge is -2.31. The largest absolute Gasteiger partial charge is 0.508 e. The third-order valence-electron chi connectivity index (χ3n) is 12.5. The fourth-order valence-electron chi connectivity index (χ4n) is 7.80. The van der Waals surface area contributed by atoms with Crippen LogP contribution in [-0.4, -0.2) is 165 Å². The van der Waals surface area contributed by atoms with Crippen molar-refractivity contribution in [2.75, 3.05) is 19.6 Å². The van der Waals surface area contributed by atoms with Crippen molar-refractivity contribution in [3.8, 4) is 5.75 Å². The Balaban J connectivity index is 2.48. The number of aromatic hydroxyl groups is 1. The number of hydrogen-bond donors (Lipinski definition) is 14. The van der Waals surface area contributed by atoms with Crippen LogP contribution >= 0.6 is 0 Å². The zero-order chi connectivity index (χ0) is 57.6. The first kappa shape index (κ1) is 64.5. The number of benzene rings is 1. The maximum absolute atomic E-state index is 14.5. The summed E-state index contributed by atoms with van der Waals surface area (Å²) in [6.07, 6.45) is -0.305. The number of carbonyl (C=O) groups excluding carboxylic acids is 9. The monoisotopic (exact) mass is 1070 g/mol. The van der Waals surface area contributed by atoms with Crippen molar-refractivity contribution in [3.05, 3.63) is 29.8 Å². The van der Waals surface area contributed by atoms with Crippen LogP contribution in [-0.2, 0) is 59.2 Å². The van der Waals surface area contributed by atoms with Gasteiger partial charge in [0.25, 0.3) is 0 Å². The van der Waals surface area contributed by atoms with Gasteiger partial charge in [-0.2, -0.15) is 0 Å². The molecule has 76 heavy (non-hydrogen) atoms. The molecule has 1 aromatic carbocycles. The lowest BCUT2D eigenvalue weighted by Crippen LogP contribution is -2.61. The molecule has 0 bridgehead atoms. The Morgan fingerprint density at radius 2 is 1.30 bits per heavy atom. The van der Waals surface area contributed by atoms with Gasteiger partial charge in [0.1, 0.15) is 54.1 Å². The fraction of sp³-hybridized carbons (Fsp3) is 0.633. The van der Waals surface area contributed by atoms with Crippen LogP contribution in [0.1, 0.15) is 106 Å². The molecule has 1 aliphatic rings. The molecule has 0 spiro atoms. The molecule has 1 fully saturated rings. The zero-order valence-corrected chi connectivity index (χ0v) is 44.5. The number of phenolic OH excluding ortho intramolecular Hbond substituents is 1. The van der Waals surface area contributed by atoms with E-state index >= 15 is 0 Å². The highest BCUT2D eigenvalue weighted by molar-refractivity contribution is 5.99. The van der Waals surface area contributed by atoms with Crippen LogP contribution in [0.3, 0.4) is 0 Å². The highest BCUT2D eigenvalue weighted by atomic mass is 16.4. The summed E-state index contributed by atoms with van der Waals surface area (Å²) in [6.45, 7) is 12.4. The van der Waals surface area contributed by atoms with E-state index in [-0.39, 0.29) is 75.2 Å². The molecule has 1 aromatic rings. The maximum Gasteiger partial charge on any atom is 0.325 e. The summed E-state index contributed by atoms with van der Waals surface area (Å²) < 4.78 is 0. The second kappa shape index (κ2) is 31.3. The van der Waals surface area contributed by atoms with Gasteiger partial charge >= 0.3 is 11.9 Å². The topological polar surface area (TPSA) is 438 Å². The lowest BCUT2D eigenvalue weighted by molar-refractivity contribution is -0.143. The number of amides is 9. The molecule has 27 heteroatoms. The molecular formula is C49H79N13O14. The summed E-state index contributed by atoms with van der Waals surface area (Å²) in [5.41, 5.74) is 17.3. The van der Waals surface area contributed by atoms with Gasteiger partial charge in [0.05, 0.1) is 19.0 Å². The highest BCUT2D eigenvalue weighted by Gasteiger charge is 2.40. The lowest BCUT2D eigenvalue weighted by atomic mass is 9.96. The number of likely N-dealkylation sites (tertiary alicyclic amines) is 1. The molecule has 27 nitrogen and oxygen atoms in total. The Hall–Kier alpha value is -7.58. The maximum atomic E-state index is 14.5. The third-order valence-corrected chi connectivity index (χ3v) is 12.5. The molecule has 424 valence electrons. The van der Waals surface area contributed by atoms with Gasteiger partial charge < -0.3 is 80.0 Å². The molecule has 0 saturated carbocycles. The molecule has 10 atom stereocenters. The van der Waals surface area contributed by atoms with Gasteiger partial charge in [-0.25, -0.2) is 0 Å². The molecule has 0 radical (unpaired) electrons. The number of hydrogen-bond acceptors (Lipinski definition) is 14. The molecule has 1 aliphatic heterocycles. The number of nitrogens with zero attached hydrogens (tertiary/aromatic N) is 2. The predicted molar refractivity (Wildman–Crippen MR) is 276 cm³/mol. The van der Waals surface area contributed by atoms with Crippen LogP contribution in [0.15, 0.2) is 29.3 Å². The molecule has 9 amide bonds. The van der Waals surface area contributed by atoms with Crippen molar-refractivity contribution >= 4 is 71.1 Å². The Morgan fingerprint density at radius 1 is 0.711 bits per heavy atom. The van der Waals surface area contributed by atoms with Crippen molar-refractivity contribution in [1.29, 1.82) is 0 Å². The zero-order valence-electron chi connectivity index (χ0n) is 44.5. The number of rotatable bonds is 31. The van der Waals surface area contributed by atoms with E-state index in [0.717, 1.165) is 0 Å². The summed E-state index contributed by atoms with van der Waals surface area (Å²) in [5, 5.41) is 49.0. The minimum Gasteiger partial charge on any atom is -0.508 e. The van der Waals surface area contributed by atoms with Crippen LogP contribution < -0.4 is 59.7 Å². The van der Waals surface area contributed by atoms with E-state index in [9.17, 15) is 68.1 Å². The number of carboxylic acid groups (broad SMARTS) is 2. The summed E-state index contributed by atoms with van der Waals surface area (Å²) in [4.78, 5) is 151. The number of aliphatic carboxylic acids is 2. The van der Waals surface area contributed by atoms with Gasteiger partial charge in [0, 0.05) is 19.5 Å². The van der Waals surface area contributed by atoms with Gasteiger partial charge in [-0.05, 0) is 81.4 Å². The molecule has 2 rings (SSSR count). The molecule has 0 aromatic heterocycles. The van der Waals surface area contributed by atoms with Gasteiger partial charge in [-0.1, -0.05) is 60.1 Å². The van der Waals surface area contributed by atoms with E-state index in [0.29, 0.717) is 12.0 Å². The van der Waals surface area contributed by atoms with E-state index in [1.807, 2.05) is 0 Å². The number of nitrogens with one attached hydrogen (secondary N) is 8. The Morgan fingerprint density at radius 3 is 1.87 bits per heavy atom. The number of aliphatic imine (C=N–C) groups is 1. The van der Waals surface area contributed by atoms with E-state index in [4.69, 9.17) is 17.2 Å². The summed E-state index contributed by atoms with van der Waals surface area (Å²) in [7, 11) is 0. The van der Waals surface area contributed by atoms with Crippen molar-refractivity contribution in [2.24, 2.45) is 39.9 Å². The van der Waals surface area contributed by atoms with Gasteiger partial charge in [-0.3, -0.25) is 57.7 Å². The van der Waals surface area contributed by atoms with Crippen molar-refractivity contribution < 1.29 is 68.1 Å². The molecule has 0 unspecified atom stereocenters. The molecule has 17 N–H and O–H groups in total. The standard InChI is InChI=1S/C49H79N13O14/c1-9-26(6)39(61-43(70)34(22-37(65)66)59-41(68)32(20-24(2)3)57-36(64)23-54-45(72)38(50)25(4)5)46(73)60-33(21-29-14-16-30(63)17-15-29)42(69)58-31(12-10-18-53-49(51)52)47(74)62-19-11-13-35(62)44(71)55-27(7)40(67)56-28(8)48(75)76/h14-17,24-28,31-35,38-39,63H,9-13,18-23,50H2,1-8H3,(H,54,72)(H,55,71)(H,56,67)(H,57,64)(H,58,69)(H,59,68)(H,60,73)(H,61,70)(H,65,66)(H,75,76)(H4,51,52,53)/t26-,27-,28-,31-,32-,33-,34-,35-,38-,39-/m0/s1. The summed E-state index contributed by atoms with van der Waals surface area (Å²) in [5.74, 6) is -11.7. The van der Waals surface area contributed by atoms with E-state index in [1.165, 1.54) is 43.0 Å². The van der Waals surface area contributed by atoms with Crippen molar-refractivity contribution in [2.45, 2.75) is 161 Å². The second-order valence-electron chi connectivity index (χ2n) is 19.7. The summed E-state index contributed by atoms with van der Waals surface area (Å²) in [6, 6.07) is -6.22. The van der Waals surface area contributed by atoms with Crippen LogP contribution in [0, 0.1) is 17.8 Å². The third kappa shape index (κ3) is 21.7. The number of nitrogens with two attached hydrogens (primary N) is 3. The smallest absolute Gasteiger partial charge is 0.325 e. The Labute approximate surface area is 441 Å². The van der Waals surface area contributed by atoms with E-state index < -0.39 is 138 Å². The molecular weight excluding hydrogens is 995 g/mol. The first-order valence-electron chi connectivity index (χ1n) is 25.3. The average Bonchev–Trinajstić information content (AvgIpc) is 3.85. The van der Waals surface area contributed by atoms with Crippen molar-refractivity contribution in [1.82, 2.24) is 47.4 Å². The second-order valence-corrected chi connectivity index (χ2v) is 19.7. The van der Waals surface area contributed by atoms with Gasteiger partial charge in [0.15, 0.2) is 5.96 Å². The number of carboxylic acids is 2. The summed E-state index contributed by atoms with van der Waals surface area (Å²) >= 11 is 0. The quantitative estimate of drug-likeness (QED) is 0.0202. The minimum absolute atomic E-state index is 0.0292. The van der Waals surface area contributed by atoms with Gasteiger partial charge in [0.2, 0.25) is 53.2 Å². The fourth-order valence-corrected chi connectivity index (χ4v) is 7.80. The van der Waals surface area contributed by atoms with Gasteiger partial charge in [-0.15, -0.1) is 0 Å². The average molecular weight is 1070 g/mol. The van der Waals surface area contributed by atoms with Crippen LogP contribution in [0.2, 0.25) is 0 Å². The van der Waals surface area contributed by atoms with Crippen LogP contribution in [0.25, 0.3) is 0 Å². The normalized spacial score (nSPS) is 16.7. The van der Waals surface area contributed by atoms with Crippen LogP contribution in [0.5, 0.6) is 5.75 Å². The van der Waals surface area contributed by atoms with E-state index in [2.05, 4.69) is 47.5 Å². The molecule has 1 saturated heterocycles. The minimum atomic E-state index is -1.79. The first-order valence-corrected chi connectivity index (χ1v) is 25.3.